The standard InChI is InChI=1S/C10H23NO4/c1-5-14-10(15-6-2)8-11-7-9(12-3)13-4/h9-11H,5-8H2,1-4H3. The number of nitrogens with one attached hydrogen (secondary N) is 1. The summed E-state index contributed by atoms with van der Waals surface area (Å²) in [4.78, 5) is 0. The van der Waals surface area contributed by atoms with Crippen LogP contribution in [0.15, 0.2) is 0 Å². The zero-order chi connectivity index (χ0) is 11.5. The fourth-order valence-electron chi connectivity index (χ4n) is 1.12. The molecule has 0 aliphatic heterocycles. The number of hydrogen-bond acceptors (Lipinski definition) is 5. The van der Waals surface area contributed by atoms with Crippen LogP contribution in [0.5, 0.6) is 0 Å². The maximum atomic E-state index is 5.37. The molecule has 1 N–H and O–H groups in total. The Morgan fingerprint density at radius 1 is 0.867 bits per heavy atom. The molecule has 15 heavy (non-hydrogen) atoms. The summed E-state index contributed by atoms with van der Waals surface area (Å²) in [5, 5.41) is 3.16. The molecular formula is C10H23NO4. The normalized spacial score (nSPS) is 11.6. The van der Waals surface area contributed by atoms with Crippen LogP contribution in [0.1, 0.15) is 13.8 Å². The Kier molecular flexibility index (Phi) is 10.2. The highest BCUT2D eigenvalue weighted by Crippen LogP contribution is 1.94. The molecule has 0 saturated heterocycles. The molecule has 0 aliphatic carbocycles. The lowest BCUT2D eigenvalue weighted by Gasteiger charge is -2.19. The van der Waals surface area contributed by atoms with E-state index >= 15 is 0 Å². The van der Waals surface area contributed by atoms with Crippen LogP contribution >= 0.6 is 0 Å². The van der Waals surface area contributed by atoms with Crippen molar-refractivity contribution in [3.05, 3.63) is 0 Å². The van der Waals surface area contributed by atoms with Crippen molar-refractivity contribution >= 4 is 0 Å². The van der Waals surface area contributed by atoms with E-state index in [1.807, 2.05) is 13.8 Å². The molecule has 0 heterocycles. The summed E-state index contributed by atoms with van der Waals surface area (Å²) >= 11 is 0. The Balaban J connectivity index is 3.59. The molecule has 5 heteroatoms. The zero-order valence-corrected chi connectivity index (χ0v) is 10.1. The van der Waals surface area contributed by atoms with Crippen LogP contribution < -0.4 is 5.32 Å². The summed E-state index contributed by atoms with van der Waals surface area (Å²) in [5.74, 6) is 0. The maximum absolute atomic E-state index is 5.37. The fourth-order valence-corrected chi connectivity index (χ4v) is 1.12. The van der Waals surface area contributed by atoms with Crippen LogP contribution in [-0.4, -0.2) is 53.1 Å². The molecule has 0 aromatic rings. The lowest BCUT2D eigenvalue weighted by molar-refractivity contribution is -0.138. The number of ether oxygens (including phenoxy) is 4. The predicted molar refractivity (Wildman–Crippen MR) is 57.7 cm³/mol. The van der Waals surface area contributed by atoms with Crippen LogP contribution in [0.4, 0.5) is 0 Å². The summed E-state index contributed by atoms with van der Waals surface area (Å²) in [5.41, 5.74) is 0. The first-order valence-electron chi connectivity index (χ1n) is 5.27. The van der Waals surface area contributed by atoms with Crippen molar-refractivity contribution in [1.82, 2.24) is 5.32 Å². The zero-order valence-electron chi connectivity index (χ0n) is 10.1. The molecular weight excluding hydrogens is 198 g/mol. The van der Waals surface area contributed by atoms with E-state index in [2.05, 4.69) is 5.32 Å². The van der Waals surface area contributed by atoms with Gasteiger partial charge in [0.1, 0.15) is 0 Å². The summed E-state index contributed by atoms with van der Waals surface area (Å²) < 4.78 is 20.8. The second kappa shape index (κ2) is 10.3. The van der Waals surface area contributed by atoms with Crippen LogP contribution in [0, 0.1) is 0 Å². The van der Waals surface area contributed by atoms with Gasteiger partial charge in [0, 0.05) is 40.5 Å². The average molecular weight is 221 g/mol. The molecule has 0 unspecified atom stereocenters. The second-order valence-electron chi connectivity index (χ2n) is 2.90. The van der Waals surface area contributed by atoms with Gasteiger partial charge >= 0.3 is 0 Å². The lowest BCUT2D eigenvalue weighted by Crippen LogP contribution is -2.37. The molecule has 0 radical (unpaired) electrons. The molecule has 0 fully saturated rings. The molecule has 0 amide bonds. The summed E-state index contributed by atoms with van der Waals surface area (Å²) in [6.07, 6.45) is -0.428. The van der Waals surface area contributed by atoms with Gasteiger partial charge in [0.2, 0.25) is 0 Å². The van der Waals surface area contributed by atoms with Gasteiger partial charge < -0.3 is 24.3 Å². The Morgan fingerprint density at radius 2 is 1.33 bits per heavy atom. The minimum atomic E-state index is -0.228. The van der Waals surface area contributed by atoms with Crippen LogP contribution in [-0.2, 0) is 18.9 Å². The van der Waals surface area contributed by atoms with Gasteiger partial charge in [-0.3, -0.25) is 0 Å². The smallest absolute Gasteiger partial charge is 0.169 e. The molecule has 0 aromatic heterocycles. The van der Waals surface area contributed by atoms with Crippen molar-refractivity contribution in [2.24, 2.45) is 0 Å². The molecule has 0 rings (SSSR count). The van der Waals surface area contributed by atoms with Crippen molar-refractivity contribution in [2.45, 2.75) is 26.4 Å². The third-order valence-electron chi connectivity index (χ3n) is 1.85. The van der Waals surface area contributed by atoms with Crippen LogP contribution in [0.3, 0.4) is 0 Å². The van der Waals surface area contributed by atoms with E-state index in [1.54, 1.807) is 14.2 Å². The quantitative estimate of drug-likeness (QED) is 0.547. The summed E-state index contributed by atoms with van der Waals surface area (Å²) in [7, 11) is 3.22. The van der Waals surface area contributed by atoms with E-state index in [0.29, 0.717) is 26.3 Å². The third-order valence-corrected chi connectivity index (χ3v) is 1.85. The first-order chi connectivity index (χ1) is 7.28. The van der Waals surface area contributed by atoms with Crippen molar-refractivity contribution in [3.8, 4) is 0 Å². The first kappa shape index (κ1) is 14.8. The molecule has 0 spiro atoms. The molecule has 0 aromatic carbocycles. The lowest BCUT2D eigenvalue weighted by atomic mass is 10.5. The largest absolute Gasteiger partial charge is 0.355 e. The fraction of sp³-hybridized carbons (Fsp3) is 1.00. The Bertz CT molecular complexity index is 125. The highest BCUT2D eigenvalue weighted by atomic mass is 16.7. The highest BCUT2D eigenvalue weighted by Gasteiger charge is 2.09. The van der Waals surface area contributed by atoms with Crippen molar-refractivity contribution in [2.75, 3.05) is 40.5 Å². The minimum Gasteiger partial charge on any atom is -0.355 e. The van der Waals surface area contributed by atoms with Crippen LogP contribution in [0.25, 0.3) is 0 Å². The molecule has 0 saturated carbocycles. The summed E-state index contributed by atoms with van der Waals surface area (Å²) in [6.45, 7) is 6.42. The van der Waals surface area contributed by atoms with Gasteiger partial charge in [-0.15, -0.1) is 0 Å². The van der Waals surface area contributed by atoms with E-state index in [4.69, 9.17) is 18.9 Å². The van der Waals surface area contributed by atoms with Gasteiger partial charge in [0.05, 0.1) is 0 Å². The molecule has 0 bridgehead atoms. The molecule has 5 nitrogen and oxygen atoms in total. The van der Waals surface area contributed by atoms with Gasteiger partial charge in [-0.25, -0.2) is 0 Å². The number of rotatable bonds is 10. The monoisotopic (exact) mass is 221 g/mol. The third kappa shape index (κ3) is 7.70. The van der Waals surface area contributed by atoms with Gasteiger partial charge in [0.15, 0.2) is 12.6 Å². The van der Waals surface area contributed by atoms with E-state index in [9.17, 15) is 0 Å². The Labute approximate surface area is 92.0 Å². The molecule has 0 aliphatic rings. The van der Waals surface area contributed by atoms with Crippen molar-refractivity contribution in [3.63, 3.8) is 0 Å². The van der Waals surface area contributed by atoms with Crippen molar-refractivity contribution in [1.29, 1.82) is 0 Å². The van der Waals surface area contributed by atoms with Crippen LogP contribution in [0.2, 0.25) is 0 Å². The topological polar surface area (TPSA) is 49.0 Å². The first-order valence-corrected chi connectivity index (χ1v) is 5.27. The van der Waals surface area contributed by atoms with E-state index in [-0.39, 0.29) is 12.6 Å². The number of hydrogen-bond donors (Lipinski definition) is 1. The predicted octanol–water partition coefficient (Wildman–Crippen LogP) is 0.594. The second-order valence-corrected chi connectivity index (χ2v) is 2.90. The number of methoxy groups -OCH3 is 2. The van der Waals surface area contributed by atoms with Crippen molar-refractivity contribution < 1.29 is 18.9 Å². The highest BCUT2D eigenvalue weighted by molar-refractivity contribution is 4.54. The van der Waals surface area contributed by atoms with E-state index < -0.39 is 0 Å². The summed E-state index contributed by atoms with van der Waals surface area (Å²) in [6, 6.07) is 0. The minimum absolute atomic E-state index is 0.200. The van der Waals surface area contributed by atoms with E-state index in [1.165, 1.54) is 0 Å². The SMILES string of the molecule is CCOC(CNCC(OC)OC)OCC. The van der Waals surface area contributed by atoms with E-state index in [0.717, 1.165) is 0 Å². The Hall–Kier alpha value is -0.200. The maximum Gasteiger partial charge on any atom is 0.169 e. The van der Waals surface area contributed by atoms with Gasteiger partial charge in [-0.2, -0.15) is 0 Å². The average Bonchev–Trinajstić information content (AvgIpc) is 2.25. The van der Waals surface area contributed by atoms with Gasteiger partial charge in [-0.05, 0) is 13.8 Å². The Morgan fingerprint density at radius 3 is 1.73 bits per heavy atom. The van der Waals surface area contributed by atoms with Gasteiger partial charge in [0.25, 0.3) is 0 Å². The van der Waals surface area contributed by atoms with Gasteiger partial charge in [-0.1, -0.05) is 0 Å². The molecule has 92 valence electrons. The molecule has 0 atom stereocenters.